The Morgan fingerprint density at radius 1 is 1.22 bits per heavy atom. The first kappa shape index (κ1) is 16.2. The fourth-order valence-electron chi connectivity index (χ4n) is 1.91. The lowest BCUT2D eigenvalue weighted by Gasteiger charge is -2.07. The van der Waals surface area contributed by atoms with Gasteiger partial charge in [0.2, 0.25) is 0 Å². The molecule has 0 aliphatic rings. The van der Waals surface area contributed by atoms with Gasteiger partial charge in [-0.15, -0.1) is 0 Å². The minimum Gasteiger partial charge on any atom is -0.311 e. The average molecular weight is 381 g/mol. The van der Waals surface area contributed by atoms with Crippen molar-refractivity contribution in [3.8, 4) is 0 Å². The highest BCUT2D eigenvalue weighted by Crippen LogP contribution is 2.22. The Morgan fingerprint density at radius 3 is 2.61 bits per heavy atom. The van der Waals surface area contributed by atoms with E-state index in [1.807, 2.05) is 0 Å². The molecule has 0 saturated heterocycles. The van der Waals surface area contributed by atoms with Gasteiger partial charge in [-0.2, -0.15) is 5.10 Å². The van der Waals surface area contributed by atoms with Crippen LogP contribution in [0.15, 0.2) is 4.47 Å². The molecule has 5 heteroatoms. The van der Waals surface area contributed by atoms with E-state index in [1.54, 1.807) is 0 Å². The van der Waals surface area contributed by atoms with Gasteiger partial charge in [0.05, 0.1) is 15.9 Å². The van der Waals surface area contributed by atoms with Gasteiger partial charge in [-0.05, 0) is 48.7 Å². The van der Waals surface area contributed by atoms with Crippen LogP contribution in [-0.4, -0.2) is 21.7 Å². The molecule has 0 atom stereocenters. The van der Waals surface area contributed by atoms with Crippen molar-refractivity contribution in [2.45, 2.75) is 52.6 Å². The monoisotopic (exact) mass is 379 g/mol. The molecule has 0 aromatic carbocycles. The highest BCUT2D eigenvalue weighted by Gasteiger charge is 2.12. The Bertz CT molecular complexity index is 350. The van der Waals surface area contributed by atoms with Crippen LogP contribution in [-0.2, 0) is 19.5 Å². The second-order valence-corrected chi connectivity index (χ2v) is 5.89. The molecule has 1 aromatic rings. The maximum absolute atomic E-state index is 4.60. The molecule has 0 bridgehead atoms. The van der Waals surface area contributed by atoms with Gasteiger partial charge in [-0.1, -0.05) is 29.3 Å². The first-order valence-electron chi connectivity index (χ1n) is 6.75. The molecule has 0 aliphatic heterocycles. The zero-order valence-corrected chi connectivity index (χ0v) is 14.5. The number of aryl methyl sites for hydroxylation is 2. The number of nitrogens with zero attached hydrogens (tertiary/aromatic N) is 2. The van der Waals surface area contributed by atoms with E-state index in [9.17, 15) is 0 Å². The number of hydrogen-bond donors (Lipinski definition) is 1. The van der Waals surface area contributed by atoms with Crippen molar-refractivity contribution in [3.05, 3.63) is 15.9 Å². The quantitative estimate of drug-likeness (QED) is 0.520. The van der Waals surface area contributed by atoms with Crippen molar-refractivity contribution in [3.63, 3.8) is 0 Å². The van der Waals surface area contributed by atoms with Crippen LogP contribution in [0.25, 0.3) is 0 Å². The molecule has 0 spiro atoms. The lowest BCUT2D eigenvalue weighted by molar-refractivity contribution is 0.561. The summed E-state index contributed by atoms with van der Waals surface area (Å²) in [6.07, 6.45) is 4.76. The Labute approximate surface area is 127 Å². The van der Waals surface area contributed by atoms with Gasteiger partial charge in [-0.3, -0.25) is 4.68 Å². The first-order valence-corrected chi connectivity index (χ1v) is 8.66. The summed E-state index contributed by atoms with van der Waals surface area (Å²) in [7, 11) is 0. The smallest absolute Gasteiger partial charge is 0.0767 e. The zero-order chi connectivity index (χ0) is 13.4. The predicted octanol–water partition coefficient (Wildman–Crippen LogP) is 3.88. The van der Waals surface area contributed by atoms with Crippen LogP contribution in [0.4, 0.5) is 0 Å². The van der Waals surface area contributed by atoms with E-state index in [0.717, 1.165) is 37.1 Å². The lowest BCUT2D eigenvalue weighted by atomic mass is 10.2. The van der Waals surface area contributed by atoms with Crippen molar-refractivity contribution >= 4 is 31.9 Å². The summed E-state index contributed by atoms with van der Waals surface area (Å²) in [5, 5.41) is 9.22. The van der Waals surface area contributed by atoms with E-state index in [-0.39, 0.29) is 0 Å². The second-order valence-electron chi connectivity index (χ2n) is 4.30. The molecule has 3 nitrogen and oxygen atoms in total. The topological polar surface area (TPSA) is 29.9 Å². The third kappa shape index (κ3) is 4.67. The van der Waals surface area contributed by atoms with Crippen LogP contribution in [0.5, 0.6) is 0 Å². The van der Waals surface area contributed by atoms with Crippen molar-refractivity contribution in [2.24, 2.45) is 0 Å². The molecule has 0 unspecified atom stereocenters. The second kappa shape index (κ2) is 9.10. The number of hydrogen-bond acceptors (Lipinski definition) is 2. The normalized spacial score (nSPS) is 11.1. The molecule has 0 amide bonds. The third-order valence-corrected chi connectivity index (χ3v) is 4.45. The summed E-state index contributed by atoms with van der Waals surface area (Å²) >= 11 is 7.12. The van der Waals surface area contributed by atoms with E-state index in [2.05, 4.69) is 60.8 Å². The van der Waals surface area contributed by atoms with Crippen LogP contribution < -0.4 is 5.32 Å². The van der Waals surface area contributed by atoms with E-state index in [0.29, 0.717) is 0 Å². The van der Waals surface area contributed by atoms with E-state index in [1.165, 1.54) is 29.4 Å². The molecular formula is C13H23Br2N3. The Kier molecular flexibility index (Phi) is 8.18. The molecule has 1 rings (SSSR count). The van der Waals surface area contributed by atoms with Gasteiger partial charge in [-0.25, -0.2) is 0 Å². The summed E-state index contributed by atoms with van der Waals surface area (Å²) in [5.41, 5.74) is 2.43. The molecule has 104 valence electrons. The number of unbranched alkanes of at least 4 members (excludes halogenated alkanes) is 2. The zero-order valence-electron chi connectivity index (χ0n) is 11.3. The molecule has 0 aliphatic carbocycles. The minimum atomic E-state index is 0.899. The maximum atomic E-state index is 4.60. The molecule has 0 fully saturated rings. The molecule has 0 radical (unpaired) electrons. The SMILES string of the molecule is CCc1nn(CC)c(CNCCCCCBr)c1Br. The third-order valence-electron chi connectivity index (χ3n) is 2.97. The van der Waals surface area contributed by atoms with Crippen LogP contribution in [0.2, 0.25) is 0 Å². The average Bonchev–Trinajstić information content (AvgIpc) is 2.70. The fraction of sp³-hybridized carbons (Fsp3) is 0.769. The number of alkyl halides is 1. The van der Waals surface area contributed by atoms with Crippen LogP contribution >= 0.6 is 31.9 Å². The predicted molar refractivity (Wildman–Crippen MR) is 84.3 cm³/mol. The summed E-state index contributed by atoms with van der Waals surface area (Å²) in [6.45, 7) is 7.19. The van der Waals surface area contributed by atoms with Gasteiger partial charge in [0.1, 0.15) is 0 Å². The number of rotatable bonds is 9. The van der Waals surface area contributed by atoms with Gasteiger partial charge < -0.3 is 5.32 Å². The Hall–Kier alpha value is 0.130. The van der Waals surface area contributed by atoms with Crippen molar-refractivity contribution < 1.29 is 0 Å². The number of halogens is 2. The summed E-state index contributed by atoms with van der Waals surface area (Å²) < 4.78 is 3.27. The van der Waals surface area contributed by atoms with Crippen LogP contribution in [0, 0.1) is 0 Å². The lowest BCUT2D eigenvalue weighted by Crippen LogP contribution is -2.18. The standard InChI is InChI=1S/C13H23Br2N3/c1-3-11-13(15)12(18(4-2)17-11)10-16-9-7-5-6-8-14/h16H,3-10H2,1-2H3. The molecule has 1 aromatic heterocycles. The first-order chi connectivity index (χ1) is 8.74. The molecule has 0 saturated carbocycles. The maximum Gasteiger partial charge on any atom is 0.0767 e. The molecule has 1 N–H and O–H groups in total. The van der Waals surface area contributed by atoms with E-state index >= 15 is 0 Å². The summed E-state index contributed by atoms with van der Waals surface area (Å²) in [4.78, 5) is 0. The minimum absolute atomic E-state index is 0.899. The van der Waals surface area contributed by atoms with Crippen LogP contribution in [0.1, 0.15) is 44.5 Å². The molecule has 18 heavy (non-hydrogen) atoms. The Morgan fingerprint density at radius 2 is 2.00 bits per heavy atom. The van der Waals surface area contributed by atoms with Crippen molar-refractivity contribution in [1.82, 2.24) is 15.1 Å². The van der Waals surface area contributed by atoms with Crippen molar-refractivity contribution in [2.75, 3.05) is 11.9 Å². The van der Waals surface area contributed by atoms with Gasteiger partial charge in [0, 0.05) is 18.4 Å². The Balaban J connectivity index is 2.43. The summed E-state index contributed by atoms with van der Waals surface area (Å²) in [6, 6.07) is 0. The largest absolute Gasteiger partial charge is 0.311 e. The number of nitrogens with one attached hydrogen (secondary N) is 1. The molecule has 1 heterocycles. The van der Waals surface area contributed by atoms with Gasteiger partial charge in [0.25, 0.3) is 0 Å². The van der Waals surface area contributed by atoms with Gasteiger partial charge >= 0.3 is 0 Å². The summed E-state index contributed by atoms with van der Waals surface area (Å²) in [5.74, 6) is 0. The number of aromatic nitrogens is 2. The highest BCUT2D eigenvalue weighted by molar-refractivity contribution is 9.10. The van der Waals surface area contributed by atoms with E-state index < -0.39 is 0 Å². The van der Waals surface area contributed by atoms with Gasteiger partial charge in [0.15, 0.2) is 0 Å². The molecular weight excluding hydrogens is 358 g/mol. The van der Waals surface area contributed by atoms with Crippen LogP contribution in [0.3, 0.4) is 0 Å². The van der Waals surface area contributed by atoms with Crippen molar-refractivity contribution in [1.29, 1.82) is 0 Å². The highest BCUT2D eigenvalue weighted by atomic mass is 79.9. The fourth-order valence-corrected chi connectivity index (χ4v) is 3.02. The van der Waals surface area contributed by atoms with E-state index in [4.69, 9.17) is 0 Å².